The molecule has 1 aliphatic rings. The number of fused-ring (bicyclic) bond motifs is 1. The molecule has 1 N–H and O–H groups in total. The van der Waals surface area contributed by atoms with E-state index < -0.39 is 4.92 Å². The molecule has 0 fully saturated rings. The Morgan fingerprint density at radius 3 is 2.57 bits per heavy atom. The molecule has 0 saturated heterocycles. The first-order valence-electron chi connectivity index (χ1n) is 10.6. The molecular weight excluding hydrogens is 470 g/mol. The van der Waals surface area contributed by atoms with E-state index in [1.165, 1.54) is 36.0 Å². The Balaban J connectivity index is 1.34. The average molecular weight is 490 g/mol. The number of hydrogen-bond donors (Lipinski definition) is 1. The second kappa shape index (κ2) is 9.85. The lowest BCUT2D eigenvalue weighted by Crippen LogP contribution is -2.14. The predicted octanol–water partition coefficient (Wildman–Crippen LogP) is 4.36. The summed E-state index contributed by atoms with van der Waals surface area (Å²) < 4.78 is 12.9. The molecule has 0 aliphatic carbocycles. The van der Waals surface area contributed by atoms with E-state index in [0.29, 0.717) is 34.7 Å². The number of nitrogens with zero attached hydrogens (tertiary/aromatic N) is 4. The SMILES string of the molecule is O=C(CSc1nnc(-c2ccccc2)n1Cc1ccc2c(c1)OCO2)Nc1ccc([N+](=O)[O-])cc1. The molecular formula is C24H19N5O5S. The van der Waals surface area contributed by atoms with Gasteiger partial charge in [0.05, 0.1) is 17.2 Å². The maximum Gasteiger partial charge on any atom is 0.269 e. The van der Waals surface area contributed by atoms with Gasteiger partial charge in [-0.15, -0.1) is 10.2 Å². The number of hydrogen-bond acceptors (Lipinski definition) is 8. The Bertz CT molecular complexity index is 1380. The molecule has 1 amide bonds. The van der Waals surface area contributed by atoms with Crippen molar-refractivity contribution in [3.63, 3.8) is 0 Å². The highest BCUT2D eigenvalue weighted by Gasteiger charge is 2.18. The highest BCUT2D eigenvalue weighted by atomic mass is 32.2. The topological polar surface area (TPSA) is 121 Å². The smallest absolute Gasteiger partial charge is 0.269 e. The lowest BCUT2D eigenvalue weighted by atomic mass is 10.2. The van der Waals surface area contributed by atoms with Crippen molar-refractivity contribution in [1.82, 2.24) is 14.8 Å². The molecule has 10 nitrogen and oxygen atoms in total. The molecule has 5 rings (SSSR count). The molecule has 0 saturated carbocycles. The van der Waals surface area contributed by atoms with Crippen LogP contribution < -0.4 is 14.8 Å². The number of nitrogens with one attached hydrogen (secondary N) is 1. The largest absolute Gasteiger partial charge is 0.454 e. The maximum atomic E-state index is 12.5. The van der Waals surface area contributed by atoms with Gasteiger partial charge in [-0.3, -0.25) is 19.5 Å². The van der Waals surface area contributed by atoms with Crippen LogP contribution in [-0.2, 0) is 11.3 Å². The van der Waals surface area contributed by atoms with E-state index >= 15 is 0 Å². The zero-order chi connectivity index (χ0) is 24.2. The summed E-state index contributed by atoms with van der Waals surface area (Å²) in [5.74, 6) is 1.90. The van der Waals surface area contributed by atoms with Crippen molar-refractivity contribution in [2.24, 2.45) is 0 Å². The summed E-state index contributed by atoms with van der Waals surface area (Å²) in [6.07, 6.45) is 0. The number of benzene rings is 3. The van der Waals surface area contributed by atoms with E-state index in [1.807, 2.05) is 53.1 Å². The van der Waals surface area contributed by atoms with E-state index in [-0.39, 0.29) is 24.1 Å². The van der Waals surface area contributed by atoms with Gasteiger partial charge in [0.1, 0.15) is 0 Å². The number of nitro benzene ring substituents is 1. The van der Waals surface area contributed by atoms with Crippen LogP contribution in [0.15, 0.2) is 78.0 Å². The first-order chi connectivity index (χ1) is 17.1. The lowest BCUT2D eigenvalue weighted by Gasteiger charge is -2.11. The number of carbonyl (C=O) groups is 1. The fourth-order valence-corrected chi connectivity index (χ4v) is 4.29. The molecule has 3 aromatic carbocycles. The van der Waals surface area contributed by atoms with Gasteiger partial charge >= 0.3 is 0 Å². The molecule has 0 bridgehead atoms. The molecule has 1 aromatic heterocycles. The molecule has 2 heterocycles. The Morgan fingerprint density at radius 2 is 1.80 bits per heavy atom. The van der Waals surface area contributed by atoms with Crippen LogP contribution in [0.2, 0.25) is 0 Å². The molecule has 0 spiro atoms. The summed E-state index contributed by atoms with van der Waals surface area (Å²) >= 11 is 1.26. The molecule has 4 aromatic rings. The summed E-state index contributed by atoms with van der Waals surface area (Å²) in [5.41, 5.74) is 2.32. The number of aromatic nitrogens is 3. The van der Waals surface area contributed by atoms with Crippen LogP contribution >= 0.6 is 11.8 Å². The first kappa shape index (κ1) is 22.4. The highest BCUT2D eigenvalue weighted by Crippen LogP contribution is 2.33. The van der Waals surface area contributed by atoms with Crippen molar-refractivity contribution in [3.8, 4) is 22.9 Å². The number of anilines is 1. The summed E-state index contributed by atoms with van der Waals surface area (Å²) in [6, 6.07) is 21.1. The van der Waals surface area contributed by atoms with Gasteiger partial charge in [0, 0.05) is 23.4 Å². The van der Waals surface area contributed by atoms with Gasteiger partial charge in [-0.1, -0.05) is 48.2 Å². The molecule has 0 radical (unpaired) electrons. The van der Waals surface area contributed by atoms with Crippen LogP contribution in [0.4, 0.5) is 11.4 Å². The third-order valence-corrected chi connectivity index (χ3v) is 6.19. The van der Waals surface area contributed by atoms with E-state index in [2.05, 4.69) is 15.5 Å². The van der Waals surface area contributed by atoms with Gasteiger partial charge in [-0.05, 0) is 29.8 Å². The third-order valence-electron chi connectivity index (χ3n) is 5.22. The molecule has 11 heteroatoms. The Hall–Kier alpha value is -4.38. The Labute approximate surface area is 204 Å². The standard InChI is InChI=1S/C24H19N5O5S/c30-22(25-18-7-9-19(10-8-18)29(31)32)14-35-24-27-26-23(17-4-2-1-3-5-17)28(24)13-16-6-11-20-21(12-16)34-15-33-20/h1-12H,13-15H2,(H,25,30). The van der Waals surface area contributed by atoms with E-state index in [9.17, 15) is 14.9 Å². The lowest BCUT2D eigenvalue weighted by molar-refractivity contribution is -0.384. The van der Waals surface area contributed by atoms with Crippen LogP contribution in [0.1, 0.15) is 5.56 Å². The van der Waals surface area contributed by atoms with E-state index in [0.717, 1.165) is 11.1 Å². The summed E-state index contributed by atoms with van der Waals surface area (Å²) in [4.78, 5) is 22.8. The van der Waals surface area contributed by atoms with Crippen LogP contribution in [0, 0.1) is 10.1 Å². The zero-order valence-corrected chi connectivity index (χ0v) is 19.1. The first-order valence-corrected chi connectivity index (χ1v) is 11.6. The second-order valence-corrected chi connectivity index (χ2v) is 8.53. The summed E-state index contributed by atoms with van der Waals surface area (Å²) in [7, 11) is 0. The van der Waals surface area contributed by atoms with Crippen molar-refractivity contribution >= 4 is 29.0 Å². The molecule has 176 valence electrons. The number of amides is 1. The van der Waals surface area contributed by atoms with Crippen molar-refractivity contribution in [2.75, 3.05) is 17.9 Å². The van der Waals surface area contributed by atoms with Crippen LogP contribution in [-0.4, -0.2) is 38.1 Å². The van der Waals surface area contributed by atoms with Gasteiger partial charge in [0.25, 0.3) is 5.69 Å². The zero-order valence-electron chi connectivity index (χ0n) is 18.3. The van der Waals surface area contributed by atoms with Gasteiger partial charge in [-0.2, -0.15) is 0 Å². The van der Waals surface area contributed by atoms with Crippen molar-refractivity contribution in [1.29, 1.82) is 0 Å². The minimum atomic E-state index is -0.487. The highest BCUT2D eigenvalue weighted by molar-refractivity contribution is 7.99. The number of thioether (sulfide) groups is 1. The van der Waals surface area contributed by atoms with Crippen LogP contribution in [0.25, 0.3) is 11.4 Å². The van der Waals surface area contributed by atoms with Crippen molar-refractivity contribution in [3.05, 3.63) is 88.5 Å². The van der Waals surface area contributed by atoms with E-state index in [1.54, 1.807) is 0 Å². The number of non-ortho nitro benzene ring substituents is 1. The van der Waals surface area contributed by atoms with Gasteiger partial charge < -0.3 is 14.8 Å². The van der Waals surface area contributed by atoms with Gasteiger partial charge in [-0.25, -0.2) is 0 Å². The fourth-order valence-electron chi connectivity index (χ4n) is 3.55. The van der Waals surface area contributed by atoms with Gasteiger partial charge in [0.2, 0.25) is 12.7 Å². The van der Waals surface area contributed by atoms with Gasteiger partial charge in [0.15, 0.2) is 22.5 Å². The fraction of sp³-hybridized carbons (Fsp3) is 0.125. The van der Waals surface area contributed by atoms with Crippen molar-refractivity contribution in [2.45, 2.75) is 11.7 Å². The predicted molar refractivity (Wildman–Crippen MR) is 130 cm³/mol. The second-order valence-electron chi connectivity index (χ2n) is 7.59. The molecule has 0 unspecified atom stereocenters. The number of carbonyl (C=O) groups excluding carboxylic acids is 1. The Morgan fingerprint density at radius 1 is 1.03 bits per heavy atom. The van der Waals surface area contributed by atoms with E-state index in [4.69, 9.17) is 9.47 Å². The monoisotopic (exact) mass is 489 g/mol. The Kier molecular flexibility index (Phi) is 6.31. The minimum absolute atomic E-state index is 0.0394. The normalized spacial score (nSPS) is 11.9. The minimum Gasteiger partial charge on any atom is -0.454 e. The molecule has 0 atom stereocenters. The third kappa shape index (κ3) is 5.09. The van der Waals surface area contributed by atoms with Crippen molar-refractivity contribution < 1.29 is 19.2 Å². The maximum absolute atomic E-state index is 12.5. The molecule has 35 heavy (non-hydrogen) atoms. The number of nitro groups is 1. The number of rotatable bonds is 8. The van der Waals surface area contributed by atoms with Crippen LogP contribution in [0.5, 0.6) is 11.5 Å². The molecule has 1 aliphatic heterocycles. The summed E-state index contributed by atoms with van der Waals surface area (Å²) in [5, 5.41) is 22.9. The van der Waals surface area contributed by atoms with Crippen LogP contribution in [0.3, 0.4) is 0 Å². The quantitative estimate of drug-likeness (QED) is 0.220. The average Bonchev–Trinajstić information content (AvgIpc) is 3.50. The number of ether oxygens (including phenoxy) is 2. The summed E-state index contributed by atoms with van der Waals surface area (Å²) in [6.45, 7) is 0.672.